The number of methoxy groups -OCH3 is 1. The molecule has 0 aliphatic carbocycles. The SMILES string of the molecule is C/C=C(\NCC(=O)c1ccccc1)C(=O)OC. The summed E-state index contributed by atoms with van der Waals surface area (Å²) in [5.74, 6) is -0.554. The fraction of sp³-hybridized carbons (Fsp3) is 0.231. The van der Waals surface area contributed by atoms with Crippen molar-refractivity contribution in [1.29, 1.82) is 0 Å². The average molecular weight is 233 g/mol. The first-order chi connectivity index (χ1) is 8.19. The molecule has 0 radical (unpaired) electrons. The van der Waals surface area contributed by atoms with Crippen molar-refractivity contribution in [3.8, 4) is 0 Å². The molecule has 1 rings (SSSR count). The van der Waals surface area contributed by atoms with Gasteiger partial charge in [-0.15, -0.1) is 0 Å². The minimum absolute atomic E-state index is 0.0682. The van der Waals surface area contributed by atoms with Crippen molar-refractivity contribution in [3.05, 3.63) is 47.7 Å². The summed E-state index contributed by atoms with van der Waals surface area (Å²) in [6.07, 6.45) is 1.57. The van der Waals surface area contributed by atoms with Crippen LogP contribution in [0.2, 0.25) is 0 Å². The van der Waals surface area contributed by atoms with Gasteiger partial charge in [0.2, 0.25) is 0 Å². The Morgan fingerprint density at radius 2 is 1.94 bits per heavy atom. The summed E-state index contributed by atoms with van der Waals surface area (Å²) in [7, 11) is 1.30. The van der Waals surface area contributed by atoms with Crippen LogP contribution in [0.1, 0.15) is 17.3 Å². The Balaban J connectivity index is 2.57. The van der Waals surface area contributed by atoms with Crippen LogP contribution in [0, 0.1) is 0 Å². The predicted octanol–water partition coefficient (Wildman–Crippen LogP) is 1.54. The lowest BCUT2D eigenvalue weighted by Crippen LogP contribution is -2.27. The maximum absolute atomic E-state index is 11.7. The number of ketones is 1. The molecule has 0 aliphatic rings. The lowest BCUT2D eigenvalue weighted by Gasteiger charge is -2.07. The van der Waals surface area contributed by atoms with E-state index in [2.05, 4.69) is 10.1 Å². The predicted molar refractivity (Wildman–Crippen MR) is 64.5 cm³/mol. The Bertz CT molecular complexity index is 424. The summed E-state index contributed by atoms with van der Waals surface area (Å²) in [6, 6.07) is 8.90. The summed E-state index contributed by atoms with van der Waals surface area (Å²) in [5, 5.41) is 2.76. The number of carbonyl (C=O) groups is 2. The van der Waals surface area contributed by atoms with Gasteiger partial charge in [-0.05, 0) is 6.92 Å². The van der Waals surface area contributed by atoms with Crippen molar-refractivity contribution in [2.75, 3.05) is 13.7 Å². The first kappa shape index (κ1) is 13.0. The van der Waals surface area contributed by atoms with Crippen LogP contribution < -0.4 is 5.32 Å². The molecule has 0 amide bonds. The molecule has 0 fully saturated rings. The number of hydrogen-bond acceptors (Lipinski definition) is 4. The van der Waals surface area contributed by atoms with E-state index in [0.29, 0.717) is 5.56 Å². The minimum atomic E-state index is -0.478. The molecule has 0 aromatic heterocycles. The van der Waals surface area contributed by atoms with Gasteiger partial charge in [-0.25, -0.2) is 4.79 Å². The Hall–Kier alpha value is -2.10. The molecule has 0 unspecified atom stereocenters. The molecule has 0 aliphatic heterocycles. The van der Waals surface area contributed by atoms with Crippen molar-refractivity contribution in [3.63, 3.8) is 0 Å². The van der Waals surface area contributed by atoms with Gasteiger partial charge in [-0.2, -0.15) is 0 Å². The van der Waals surface area contributed by atoms with Crippen molar-refractivity contribution in [2.24, 2.45) is 0 Å². The molecule has 0 saturated carbocycles. The highest BCUT2D eigenvalue weighted by Crippen LogP contribution is 2.00. The third-order valence-electron chi connectivity index (χ3n) is 2.23. The zero-order valence-electron chi connectivity index (χ0n) is 9.90. The van der Waals surface area contributed by atoms with Gasteiger partial charge in [-0.1, -0.05) is 36.4 Å². The molecule has 1 aromatic rings. The van der Waals surface area contributed by atoms with Crippen LogP contribution in [0.3, 0.4) is 0 Å². The molecule has 0 spiro atoms. The molecule has 0 saturated heterocycles. The molecular formula is C13H15NO3. The zero-order chi connectivity index (χ0) is 12.7. The number of nitrogens with one attached hydrogen (secondary N) is 1. The maximum atomic E-state index is 11.7. The highest BCUT2D eigenvalue weighted by atomic mass is 16.5. The second-order valence-corrected chi connectivity index (χ2v) is 3.34. The Kier molecular flexibility index (Phi) is 4.94. The number of hydrogen-bond donors (Lipinski definition) is 1. The van der Waals surface area contributed by atoms with Crippen molar-refractivity contribution in [2.45, 2.75) is 6.92 Å². The van der Waals surface area contributed by atoms with E-state index in [4.69, 9.17) is 0 Å². The van der Waals surface area contributed by atoms with Crippen molar-refractivity contribution < 1.29 is 14.3 Å². The molecule has 0 atom stereocenters. The standard InChI is InChI=1S/C13H15NO3/c1-3-11(13(16)17-2)14-9-12(15)10-7-5-4-6-8-10/h3-8,14H,9H2,1-2H3/b11-3-. The quantitative estimate of drug-likeness (QED) is 0.476. The number of carbonyl (C=O) groups excluding carboxylic acids is 2. The first-order valence-corrected chi connectivity index (χ1v) is 5.25. The van der Waals surface area contributed by atoms with E-state index in [9.17, 15) is 9.59 Å². The van der Waals surface area contributed by atoms with Crippen molar-refractivity contribution in [1.82, 2.24) is 5.32 Å². The van der Waals surface area contributed by atoms with E-state index in [1.165, 1.54) is 7.11 Å². The van der Waals surface area contributed by atoms with Crippen molar-refractivity contribution >= 4 is 11.8 Å². The van der Waals surface area contributed by atoms with E-state index in [0.717, 1.165) is 0 Å². The second-order valence-electron chi connectivity index (χ2n) is 3.34. The Morgan fingerprint density at radius 1 is 1.29 bits per heavy atom. The molecule has 0 bridgehead atoms. The van der Waals surface area contributed by atoms with Gasteiger partial charge < -0.3 is 10.1 Å². The van der Waals surface area contributed by atoms with E-state index in [1.54, 1.807) is 37.3 Å². The van der Waals surface area contributed by atoms with Crippen LogP contribution in [0.15, 0.2) is 42.1 Å². The smallest absolute Gasteiger partial charge is 0.353 e. The summed E-state index contributed by atoms with van der Waals surface area (Å²) in [6.45, 7) is 1.77. The van der Waals surface area contributed by atoms with Gasteiger partial charge in [0.25, 0.3) is 0 Å². The highest BCUT2D eigenvalue weighted by Gasteiger charge is 2.10. The summed E-state index contributed by atoms with van der Waals surface area (Å²) in [4.78, 5) is 23.0. The zero-order valence-corrected chi connectivity index (χ0v) is 9.90. The summed E-state index contributed by atoms with van der Waals surface area (Å²) in [5.41, 5.74) is 0.900. The van der Waals surface area contributed by atoms with Gasteiger partial charge in [0.05, 0.1) is 13.7 Å². The lowest BCUT2D eigenvalue weighted by atomic mass is 10.1. The second kappa shape index (κ2) is 6.48. The summed E-state index contributed by atoms with van der Waals surface area (Å²) < 4.78 is 4.56. The number of allylic oxidation sites excluding steroid dienone is 1. The number of ether oxygens (including phenoxy) is 1. The third-order valence-corrected chi connectivity index (χ3v) is 2.23. The van der Waals surface area contributed by atoms with E-state index < -0.39 is 5.97 Å². The van der Waals surface area contributed by atoms with Gasteiger partial charge in [0, 0.05) is 5.56 Å². The first-order valence-electron chi connectivity index (χ1n) is 5.25. The highest BCUT2D eigenvalue weighted by molar-refractivity contribution is 5.98. The third kappa shape index (κ3) is 3.75. The molecule has 4 heteroatoms. The van der Waals surface area contributed by atoms with Gasteiger partial charge in [-0.3, -0.25) is 4.79 Å². The monoisotopic (exact) mass is 233 g/mol. The molecule has 1 aromatic carbocycles. The van der Waals surface area contributed by atoms with Gasteiger partial charge >= 0.3 is 5.97 Å². The molecule has 0 heterocycles. The van der Waals surface area contributed by atoms with E-state index >= 15 is 0 Å². The largest absolute Gasteiger partial charge is 0.464 e. The Morgan fingerprint density at radius 3 is 2.47 bits per heavy atom. The normalized spacial score (nSPS) is 10.8. The van der Waals surface area contributed by atoms with Gasteiger partial charge in [0.1, 0.15) is 5.70 Å². The van der Waals surface area contributed by atoms with E-state index in [-0.39, 0.29) is 18.0 Å². The maximum Gasteiger partial charge on any atom is 0.353 e. The minimum Gasteiger partial charge on any atom is -0.464 e. The van der Waals surface area contributed by atoms with Crippen LogP contribution in [-0.2, 0) is 9.53 Å². The van der Waals surface area contributed by atoms with Gasteiger partial charge in [0.15, 0.2) is 5.78 Å². The van der Waals surface area contributed by atoms with Crippen LogP contribution >= 0.6 is 0 Å². The van der Waals surface area contributed by atoms with E-state index in [1.807, 2.05) is 6.07 Å². The Labute approximate surface area is 100 Å². The molecule has 4 nitrogen and oxygen atoms in total. The average Bonchev–Trinajstić information content (AvgIpc) is 2.39. The molecule has 17 heavy (non-hydrogen) atoms. The fourth-order valence-electron chi connectivity index (χ4n) is 1.30. The number of Topliss-reactive ketones (excluding diaryl/α,β-unsaturated/α-hetero) is 1. The van der Waals surface area contributed by atoms with Crippen LogP contribution in [0.5, 0.6) is 0 Å². The number of rotatable bonds is 5. The van der Waals surface area contributed by atoms with Crippen LogP contribution in [-0.4, -0.2) is 25.4 Å². The molecule has 1 N–H and O–H groups in total. The molecule has 90 valence electrons. The van der Waals surface area contributed by atoms with Crippen LogP contribution in [0.25, 0.3) is 0 Å². The van der Waals surface area contributed by atoms with Crippen LogP contribution in [0.4, 0.5) is 0 Å². The fourth-order valence-corrected chi connectivity index (χ4v) is 1.30. The lowest BCUT2D eigenvalue weighted by molar-refractivity contribution is -0.136. The number of benzene rings is 1. The number of esters is 1. The molecular weight excluding hydrogens is 218 g/mol. The topological polar surface area (TPSA) is 55.4 Å². The summed E-state index contributed by atoms with van der Waals surface area (Å²) >= 11 is 0.